The summed E-state index contributed by atoms with van der Waals surface area (Å²) in [5.74, 6) is -0.188. The van der Waals surface area contributed by atoms with Crippen molar-refractivity contribution in [3.8, 4) is 22.4 Å². The zero-order valence-electron chi connectivity index (χ0n) is 22.5. The molecule has 8 heteroatoms. The van der Waals surface area contributed by atoms with Gasteiger partial charge in [0.1, 0.15) is 0 Å². The minimum absolute atomic E-state index is 0.0926. The standard InChI is InChI=1S/C32H30N6O2/c1-21-17-26(37(2)36-21)20-38-27-13-16-34-32(40)30(27)29(31(38)23-11-14-33-15-12-23)24-9-6-10-25(19-24)35-28(39)18-22-7-4-3-5-8-22/h3-12,14-15,17,19H,13,16,18,20H2,1-2H3,(H,34,40)(H,35,39). The van der Waals surface area contributed by atoms with E-state index in [1.165, 1.54) is 0 Å². The summed E-state index contributed by atoms with van der Waals surface area (Å²) >= 11 is 0. The van der Waals surface area contributed by atoms with Gasteiger partial charge in [-0.15, -0.1) is 0 Å². The van der Waals surface area contributed by atoms with Gasteiger partial charge in [-0.05, 0) is 48.4 Å². The Balaban J connectivity index is 1.48. The van der Waals surface area contributed by atoms with Crippen LogP contribution in [0.5, 0.6) is 0 Å². The number of carbonyl (C=O) groups excluding carboxylic acids is 2. The van der Waals surface area contributed by atoms with Crippen molar-refractivity contribution in [2.75, 3.05) is 11.9 Å². The van der Waals surface area contributed by atoms with Crippen molar-refractivity contribution in [1.29, 1.82) is 0 Å². The quantitative estimate of drug-likeness (QED) is 0.317. The van der Waals surface area contributed by atoms with E-state index < -0.39 is 0 Å². The number of benzene rings is 2. The van der Waals surface area contributed by atoms with Crippen LogP contribution in [0.25, 0.3) is 22.4 Å². The van der Waals surface area contributed by atoms with E-state index in [9.17, 15) is 9.59 Å². The number of rotatable bonds is 7. The maximum atomic E-state index is 13.4. The lowest BCUT2D eigenvalue weighted by atomic mass is 9.95. The Labute approximate surface area is 232 Å². The van der Waals surface area contributed by atoms with Crippen LogP contribution in [0.3, 0.4) is 0 Å². The van der Waals surface area contributed by atoms with E-state index >= 15 is 0 Å². The molecule has 0 fully saturated rings. The van der Waals surface area contributed by atoms with Crippen molar-refractivity contribution < 1.29 is 9.59 Å². The topological polar surface area (TPSA) is 93.8 Å². The molecule has 2 amide bonds. The van der Waals surface area contributed by atoms with Gasteiger partial charge in [-0.1, -0.05) is 42.5 Å². The van der Waals surface area contributed by atoms with Gasteiger partial charge in [-0.2, -0.15) is 5.10 Å². The number of nitrogens with one attached hydrogen (secondary N) is 2. The average molecular weight is 531 g/mol. The highest BCUT2D eigenvalue weighted by Crippen LogP contribution is 2.41. The first-order valence-electron chi connectivity index (χ1n) is 13.4. The molecule has 200 valence electrons. The molecule has 0 atom stereocenters. The van der Waals surface area contributed by atoms with Crippen molar-refractivity contribution >= 4 is 17.5 Å². The third kappa shape index (κ3) is 4.91. The van der Waals surface area contributed by atoms with Crippen LogP contribution in [0, 0.1) is 6.92 Å². The maximum absolute atomic E-state index is 13.4. The van der Waals surface area contributed by atoms with Gasteiger partial charge in [0.05, 0.1) is 35.6 Å². The number of nitrogens with zero attached hydrogens (tertiary/aromatic N) is 4. The van der Waals surface area contributed by atoms with E-state index in [-0.39, 0.29) is 18.2 Å². The van der Waals surface area contributed by atoms with Gasteiger partial charge in [-0.25, -0.2) is 0 Å². The molecule has 1 aliphatic rings. The summed E-state index contributed by atoms with van der Waals surface area (Å²) in [5.41, 5.74) is 8.89. The summed E-state index contributed by atoms with van der Waals surface area (Å²) in [7, 11) is 1.94. The molecular weight excluding hydrogens is 500 g/mol. The van der Waals surface area contributed by atoms with Gasteiger partial charge >= 0.3 is 0 Å². The molecule has 0 saturated carbocycles. The molecule has 6 rings (SSSR count). The molecule has 1 aliphatic heterocycles. The normalized spacial score (nSPS) is 12.6. The highest BCUT2D eigenvalue weighted by molar-refractivity contribution is 6.07. The van der Waals surface area contributed by atoms with E-state index in [1.54, 1.807) is 12.4 Å². The van der Waals surface area contributed by atoms with E-state index in [2.05, 4.69) is 31.3 Å². The Morgan fingerprint density at radius 1 is 0.975 bits per heavy atom. The third-order valence-corrected chi connectivity index (χ3v) is 7.26. The zero-order chi connectivity index (χ0) is 27.6. The SMILES string of the molecule is Cc1cc(Cn2c3c(c(-c4cccc(NC(=O)Cc5ccccc5)c4)c2-c2ccncc2)C(=O)NCC3)n(C)n1. The van der Waals surface area contributed by atoms with Gasteiger partial charge in [-0.3, -0.25) is 19.3 Å². The van der Waals surface area contributed by atoms with Crippen molar-refractivity contribution in [1.82, 2.24) is 24.6 Å². The Morgan fingerprint density at radius 2 is 1.77 bits per heavy atom. The number of anilines is 1. The van der Waals surface area contributed by atoms with E-state index in [0.29, 0.717) is 30.8 Å². The lowest BCUT2D eigenvalue weighted by molar-refractivity contribution is -0.115. The molecule has 0 aliphatic carbocycles. The summed E-state index contributed by atoms with van der Waals surface area (Å²) in [4.78, 5) is 30.5. The van der Waals surface area contributed by atoms with Crippen LogP contribution in [-0.2, 0) is 31.2 Å². The number of hydrogen-bond donors (Lipinski definition) is 2. The molecule has 0 bridgehead atoms. The number of carbonyl (C=O) groups is 2. The number of hydrogen-bond acceptors (Lipinski definition) is 4. The van der Waals surface area contributed by atoms with Gasteiger partial charge < -0.3 is 15.2 Å². The van der Waals surface area contributed by atoms with Crippen molar-refractivity contribution in [2.45, 2.75) is 26.3 Å². The van der Waals surface area contributed by atoms with Gasteiger partial charge in [0, 0.05) is 54.9 Å². The molecule has 4 heterocycles. The number of amides is 2. The average Bonchev–Trinajstić information content (AvgIpc) is 3.46. The second-order valence-corrected chi connectivity index (χ2v) is 10.1. The smallest absolute Gasteiger partial charge is 0.253 e. The molecule has 5 aromatic rings. The minimum Gasteiger partial charge on any atom is -0.352 e. The Morgan fingerprint density at radius 3 is 2.52 bits per heavy atom. The predicted octanol–water partition coefficient (Wildman–Crippen LogP) is 4.77. The molecule has 0 spiro atoms. The van der Waals surface area contributed by atoms with Crippen molar-refractivity contribution in [3.63, 3.8) is 0 Å². The first-order chi connectivity index (χ1) is 19.5. The Kier molecular flexibility index (Phi) is 6.74. The number of aryl methyl sites for hydroxylation is 2. The molecule has 8 nitrogen and oxygen atoms in total. The highest BCUT2D eigenvalue weighted by atomic mass is 16.2. The van der Waals surface area contributed by atoms with Crippen LogP contribution < -0.4 is 10.6 Å². The van der Waals surface area contributed by atoms with E-state index in [1.807, 2.05) is 85.4 Å². The second kappa shape index (κ2) is 10.6. The largest absolute Gasteiger partial charge is 0.352 e. The fraction of sp³-hybridized carbons (Fsp3) is 0.188. The van der Waals surface area contributed by atoms with E-state index in [4.69, 9.17) is 0 Å². The molecular formula is C32H30N6O2. The summed E-state index contributed by atoms with van der Waals surface area (Å²) in [5, 5.41) is 10.6. The second-order valence-electron chi connectivity index (χ2n) is 10.1. The fourth-order valence-electron chi connectivity index (χ4n) is 5.53. The number of pyridine rings is 1. The van der Waals surface area contributed by atoms with Crippen LogP contribution in [-0.4, -0.2) is 37.7 Å². The first kappa shape index (κ1) is 25.3. The third-order valence-electron chi connectivity index (χ3n) is 7.26. The highest BCUT2D eigenvalue weighted by Gasteiger charge is 2.31. The van der Waals surface area contributed by atoms with E-state index in [0.717, 1.165) is 45.0 Å². The summed E-state index contributed by atoms with van der Waals surface area (Å²) in [6.07, 6.45) is 4.53. The molecule has 2 N–H and O–H groups in total. The molecule has 40 heavy (non-hydrogen) atoms. The molecule has 2 aromatic carbocycles. The number of fused-ring (bicyclic) bond motifs is 1. The summed E-state index contributed by atoms with van der Waals surface area (Å²) < 4.78 is 4.14. The van der Waals surface area contributed by atoms with Crippen LogP contribution in [0.2, 0.25) is 0 Å². The Hall–Kier alpha value is -4.98. The maximum Gasteiger partial charge on any atom is 0.253 e. The van der Waals surface area contributed by atoms with Gasteiger partial charge in [0.15, 0.2) is 0 Å². The zero-order valence-corrected chi connectivity index (χ0v) is 22.5. The van der Waals surface area contributed by atoms with Gasteiger partial charge in [0.2, 0.25) is 5.91 Å². The predicted molar refractivity (Wildman–Crippen MR) is 155 cm³/mol. The lowest BCUT2D eigenvalue weighted by Crippen LogP contribution is -2.32. The Bertz CT molecular complexity index is 1700. The van der Waals surface area contributed by atoms with Crippen molar-refractivity contribution in [3.05, 3.63) is 113 Å². The lowest BCUT2D eigenvalue weighted by Gasteiger charge is -2.17. The van der Waals surface area contributed by atoms with Crippen LogP contribution in [0.15, 0.2) is 85.2 Å². The van der Waals surface area contributed by atoms with Crippen LogP contribution in [0.4, 0.5) is 5.69 Å². The molecule has 0 unspecified atom stereocenters. The fourth-order valence-corrected chi connectivity index (χ4v) is 5.53. The minimum atomic E-state index is -0.0957. The molecule has 3 aromatic heterocycles. The van der Waals surface area contributed by atoms with Crippen LogP contribution in [0.1, 0.15) is 33.0 Å². The van der Waals surface area contributed by atoms with Gasteiger partial charge in [0.25, 0.3) is 5.91 Å². The summed E-state index contributed by atoms with van der Waals surface area (Å²) in [6, 6.07) is 23.4. The first-order valence-corrected chi connectivity index (χ1v) is 13.4. The number of aromatic nitrogens is 4. The monoisotopic (exact) mass is 530 g/mol. The summed E-state index contributed by atoms with van der Waals surface area (Å²) in [6.45, 7) is 3.12. The van der Waals surface area contributed by atoms with Crippen molar-refractivity contribution in [2.24, 2.45) is 7.05 Å². The molecule has 0 radical (unpaired) electrons. The molecule has 0 saturated heterocycles. The van der Waals surface area contributed by atoms with Crippen LogP contribution >= 0.6 is 0 Å².